The second-order valence-corrected chi connectivity index (χ2v) is 9.38. The van der Waals surface area contributed by atoms with Gasteiger partial charge in [0.05, 0.1) is 16.8 Å². The lowest BCUT2D eigenvalue weighted by atomic mass is 10.1. The third-order valence-electron chi connectivity index (χ3n) is 5.12. The summed E-state index contributed by atoms with van der Waals surface area (Å²) >= 11 is 6.84. The first-order valence-electron chi connectivity index (χ1n) is 10.8. The molecule has 0 aromatic heterocycles. The molecule has 0 radical (unpaired) electrons. The van der Waals surface area contributed by atoms with Crippen molar-refractivity contribution in [2.45, 2.75) is 13.5 Å². The van der Waals surface area contributed by atoms with Gasteiger partial charge in [-0.2, -0.15) is 0 Å². The lowest BCUT2D eigenvalue weighted by Crippen LogP contribution is -2.54. The highest BCUT2D eigenvalue weighted by Crippen LogP contribution is 2.36. The van der Waals surface area contributed by atoms with Crippen LogP contribution in [0.3, 0.4) is 0 Å². The number of nitrogens with zero attached hydrogens (tertiary/aromatic N) is 1. The van der Waals surface area contributed by atoms with Crippen LogP contribution in [0.4, 0.5) is 14.9 Å². The maximum Gasteiger partial charge on any atom is 0.335 e. The van der Waals surface area contributed by atoms with Crippen molar-refractivity contribution < 1.29 is 28.2 Å². The average Bonchev–Trinajstić information content (AvgIpc) is 2.82. The minimum atomic E-state index is -0.857. The molecule has 0 atom stereocenters. The number of imide groups is 2. The van der Waals surface area contributed by atoms with E-state index in [4.69, 9.17) is 9.47 Å². The van der Waals surface area contributed by atoms with Crippen LogP contribution in [0.15, 0.2) is 75.2 Å². The SMILES string of the molecule is CCOc1ccc(N2C(=O)NC(=O)/C(=C\c3cc(Br)cc(Br)c3OCc3cccc(F)c3)C2=O)cc1. The molecule has 10 heteroatoms. The van der Waals surface area contributed by atoms with Crippen molar-refractivity contribution in [3.8, 4) is 11.5 Å². The van der Waals surface area contributed by atoms with E-state index in [0.29, 0.717) is 38.2 Å². The predicted molar refractivity (Wildman–Crippen MR) is 139 cm³/mol. The van der Waals surface area contributed by atoms with Gasteiger partial charge in [0.25, 0.3) is 11.8 Å². The first kappa shape index (κ1) is 25.6. The monoisotopic (exact) mass is 616 g/mol. The molecule has 1 N–H and O–H groups in total. The highest BCUT2D eigenvalue weighted by atomic mass is 79.9. The smallest absolute Gasteiger partial charge is 0.335 e. The quantitative estimate of drug-likeness (QED) is 0.260. The Hall–Kier alpha value is -3.50. The molecular formula is C26H19Br2FN2O5. The van der Waals surface area contributed by atoms with Gasteiger partial charge in [0.2, 0.25) is 0 Å². The fourth-order valence-corrected chi connectivity index (χ4v) is 4.90. The van der Waals surface area contributed by atoms with E-state index in [9.17, 15) is 18.8 Å². The Balaban J connectivity index is 1.68. The van der Waals surface area contributed by atoms with Crippen LogP contribution in [0.5, 0.6) is 11.5 Å². The number of barbiturate groups is 1. The summed E-state index contributed by atoms with van der Waals surface area (Å²) in [7, 11) is 0. The maximum absolute atomic E-state index is 13.6. The van der Waals surface area contributed by atoms with Gasteiger partial charge >= 0.3 is 6.03 Å². The van der Waals surface area contributed by atoms with E-state index >= 15 is 0 Å². The van der Waals surface area contributed by atoms with Crippen LogP contribution < -0.4 is 19.7 Å². The summed E-state index contributed by atoms with van der Waals surface area (Å²) in [5, 5.41) is 2.20. The normalized spacial score (nSPS) is 14.7. The predicted octanol–water partition coefficient (Wildman–Crippen LogP) is 5.99. The van der Waals surface area contributed by atoms with E-state index in [1.165, 1.54) is 18.2 Å². The second kappa shape index (κ2) is 11.0. The van der Waals surface area contributed by atoms with E-state index in [1.807, 2.05) is 6.92 Å². The Morgan fingerprint density at radius 2 is 1.75 bits per heavy atom. The first-order valence-corrected chi connectivity index (χ1v) is 12.4. The Morgan fingerprint density at radius 1 is 1.00 bits per heavy atom. The standard InChI is InChI=1S/C26H19Br2FN2O5/c1-2-35-20-8-6-19(7-9-20)31-25(33)21(24(32)30-26(31)34)12-16-11-17(27)13-22(28)23(16)36-14-15-4-3-5-18(29)10-15/h3-13H,2,14H2,1H3,(H,30,32,34)/b21-12+. The van der Waals surface area contributed by atoms with Gasteiger partial charge < -0.3 is 9.47 Å². The molecule has 184 valence electrons. The van der Waals surface area contributed by atoms with Crippen LogP contribution in [-0.4, -0.2) is 24.5 Å². The Kier molecular flexibility index (Phi) is 7.85. The molecule has 0 spiro atoms. The summed E-state index contributed by atoms with van der Waals surface area (Å²) in [6.07, 6.45) is 1.35. The molecule has 0 aliphatic carbocycles. The van der Waals surface area contributed by atoms with Gasteiger partial charge in [-0.05, 0) is 83.0 Å². The Bertz CT molecular complexity index is 1380. The molecular weight excluding hydrogens is 599 g/mol. The number of hydrogen-bond acceptors (Lipinski definition) is 5. The first-order chi connectivity index (χ1) is 17.3. The fourth-order valence-electron chi connectivity index (χ4n) is 3.53. The lowest BCUT2D eigenvalue weighted by molar-refractivity contribution is -0.122. The highest BCUT2D eigenvalue weighted by molar-refractivity contribution is 9.11. The second-order valence-electron chi connectivity index (χ2n) is 7.61. The molecule has 1 aliphatic heterocycles. The fraction of sp³-hybridized carbons (Fsp3) is 0.115. The van der Waals surface area contributed by atoms with Crippen LogP contribution in [0.2, 0.25) is 0 Å². The van der Waals surface area contributed by atoms with Crippen LogP contribution in [0.1, 0.15) is 18.1 Å². The molecule has 1 aliphatic rings. The topological polar surface area (TPSA) is 84.9 Å². The largest absolute Gasteiger partial charge is 0.494 e. The van der Waals surface area contributed by atoms with Gasteiger partial charge in [-0.15, -0.1) is 0 Å². The van der Waals surface area contributed by atoms with E-state index in [-0.39, 0.29) is 17.9 Å². The number of halogens is 3. The van der Waals surface area contributed by atoms with Crippen LogP contribution in [-0.2, 0) is 16.2 Å². The lowest BCUT2D eigenvalue weighted by Gasteiger charge is -2.26. The zero-order chi connectivity index (χ0) is 25.8. The third-order valence-corrected chi connectivity index (χ3v) is 6.16. The molecule has 4 rings (SSSR count). The number of amides is 4. The minimum absolute atomic E-state index is 0.0467. The van der Waals surface area contributed by atoms with Gasteiger partial charge in [0.1, 0.15) is 29.5 Å². The summed E-state index contributed by atoms with van der Waals surface area (Å²) in [6.45, 7) is 2.36. The van der Waals surface area contributed by atoms with Gasteiger partial charge in [0, 0.05) is 10.0 Å². The Morgan fingerprint density at radius 3 is 2.44 bits per heavy atom. The van der Waals surface area contributed by atoms with Crippen LogP contribution >= 0.6 is 31.9 Å². The molecule has 3 aromatic rings. The van der Waals surface area contributed by atoms with Crippen molar-refractivity contribution in [2.75, 3.05) is 11.5 Å². The molecule has 1 heterocycles. The van der Waals surface area contributed by atoms with Gasteiger partial charge in [-0.1, -0.05) is 28.1 Å². The van der Waals surface area contributed by atoms with E-state index in [2.05, 4.69) is 37.2 Å². The summed E-state index contributed by atoms with van der Waals surface area (Å²) in [6, 6.07) is 14.9. The Labute approximate surface area is 223 Å². The number of ether oxygens (including phenoxy) is 2. The maximum atomic E-state index is 13.6. The van der Waals surface area contributed by atoms with Crippen LogP contribution in [0.25, 0.3) is 6.08 Å². The van der Waals surface area contributed by atoms with Gasteiger partial charge in [0.15, 0.2) is 0 Å². The molecule has 1 fully saturated rings. The van der Waals surface area contributed by atoms with Crippen molar-refractivity contribution in [3.05, 3.63) is 92.1 Å². The van der Waals surface area contributed by atoms with Crippen molar-refractivity contribution in [1.29, 1.82) is 0 Å². The van der Waals surface area contributed by atoms with E-state index in [0.717, 1.165) is 4.90 Å². The summed E-state index contributed by atoms with van der Waals surface area (Å²) in [4.78, 5) is 39.4. The zero-order valence-electron chi connectivity index (χ0n) is 18.9. The number of hydrogen-bond donors (Lipinski definition) is 1. The molecule has 7 nitrogen and oxygen atoms in total. The van der Waals surface area contributed by atoms with Gasteiger partial charge in [-0.25, -0.2) is 14.1 Å². The molecule has 3 aromatic carbocycles. The number of carbonyl (C=O) groups excluding carboxylic acids is 3. The molecule has 36 heavy (non-hydrogen) atoms. The van der Waals surface area contributed by atoms with E-state index < -0.39 is 23.7 Å². The van der Waals surface area contributed by atoms with E-state index in [1.54, 1.807) is 48.5 Å². The number of nitrogens with one attached hydrogen (secondary N) is 1. The molecule has 4 amide bonds. The number of rotatable bonds is 7. The van der Waals surface area contributed by atoms with Crippen molar-refractivity contribution >= 4 is 61.5 Å². The summed E-state index contributed by atoms with van der Waals surface area (Å²) in [5.41, 5.74) is 1.01. The van der Waals surface area contributed by atoms with Crippen molar-refractivity contribution in [2.24, 2.45) is 0 Å². The molecule has 0 unspecified atom stereocenters. The molecule has 0 bridgehead atoms. The molecule has 1 saturated heterocycles. The summed E-state index contributed by atoms with van der Waals surface area (Å²) in [5.74, 6) is -1.10. The minimum Gasteiger partial charge on any atom is -0.494 e. The van der Waals surface area contributed by atoms with Crippen LogP contribution in [0, 0.1) is 5.82 Å². The number of urea groups is 1. The summed E-state index contributed by atoms with van der Waals surface area (Å²) < 4.78 is 26.1. The van der Waals surface area contributed by atoms with Crippen molar-refractivity contribution in [1.82, 2.24) is 5.32 Å². The average molecular weight is 618 g/mol. The van der Waals surface area contributed by atoms with Gasteiger partial charge in [-0.3, -0.25) is 14.9 Å². The zero-order valence-corrected chi connectivity index (χ0v) is 22.1. The number of carbonyl (C=O) groups is 3. The number of anilines is 1. The highest BCUT2D eigenvalue weighted by Gasteiger charge is 2.37. The number of benzene rings is 3. The third kappa shape index (κ3) is 5.66. The van der Waals surface area contributed by atoms with Crippen molar-refractivity contribution in [3.63, 3.8) is 0 Å². The molecule has 0 saturated carbocycles.